The van der Waals surface area contributed by atoms with Gasteiger partial charge in [-0.2, -0.15) is 4.80 Å². The molecule has 1 aliphatic rings. The number of nitrogens with zero attached hydrogens (tertiary/aromatic N) is 5. The first-order valence-corrected chi connectivity index (χ1v) is 12.3. The van der Waals surface area contributed by atoms with Gasteiger partial charge in [-0.3, -0.25) is 4.79 Å². The number of likely N-dealkylation sites (tertiary alicyclic amines) is 1. The largest absolute Gasteiger partial charge is 0.342 e. The van der Waals surface area contributed by atoms with Crippen LogP contribution in [0.3, 0.4) is 0 Å². The van der Waals surface area contributed by atoms with Crippen molar-refractivity contribution in [3.05, 3.63) is 99.0 Å². The fraction of sp³-hybridized carbons (Fsp3) is 0.280. The summed E-state index contributed by atoms with van der Waals surface area (Å²) in [6, 6.07) is 22.0. The van der Waals surface area contributed by atoms with Crippen molar-refractivity contribution in [1.29, 1.82) is 0 Å². The molecule has 1 amide bonds. The second-order valence-electron chi connectivity index (χ2n) is 8.35. The van der Waals surface area contributed by atoms with Crippen LogP contribution in [0.2, 0.25) is 5.02 Å². The first-order chi connectivity index (χ1) is 16.1. The van der Waals surface area contributed by atoms with Gasteiger partial charge in [-0.25, -0.2) is 0 Å². The summed E-state index contributed by atoms with van der Waals surface area (Å²) in [5, 5.41) is 16.3. The van der Waals surface area contributed by atoms with Gasteiger partial charge in [0.2, 0.25) is 5.91 Å². The van der Waals surface area contributed by atoms with Gasteiger partial charge >= 0.3 is 0 Å². The van der Waals surface area contributed by atoms with Gasteiger partial charge in [0.05, 0.1) is 18.4 Å². The average Bonchev–Trinajstić information content (AvgIpc) is 3.54. The summed E-state index contributed by atoms with van der Waals surface area (Å²) >= 11 is 7.63. The quantitative estimate of drug-likeness (QED) is 0.407. The maximum Gasteiger partial charge on any atom is 0.227 e. The van der Waals surface area contributed by atoms with E-state index in [-0.39, 0.29) is 11.3 Å². The molecule has 0 saturated carbocycles. The molecule has 0 atom stereocenters. The van der Waals surface area contributed by atoms with Crippen LogP contribution >= 0.6 is 22.9 Å². The Morgan fingerprint density at radius 3 is 2.45 bits per heavy atom. The SMILES string of the molecule is O=C(Cc1cccs1)N1CCC(c2ccccc2)(c2nnn(Cc3ccc(Cl)cc3)n2)CC1. The van der Waals surface area contributed by atoms with Crippen LogP contribution in [-0.2, 0) is 23.2 Å². The summed E-state index contributed by atoms with van der Waals surface area (Å²) in [5.74, 6) is 0.895. The number of carbonyl (C=O) groups excluding carboxylic acids is 1. The number of carbonyl (C=O) groups is 1. The number of rotatable bonds is 6. The molecule has 2 aromatic heterocycles. The molecule has 0 aliphatic carbocycles. The molecule has 6 nitrogen and oxygen atoms in total. The number of piperidine rings is 1. The van der Waals surface area contributed by atoms with Crippen LogP contribution in [0.5, 0.6) is 0 Å². The van der Waals surface area contributed by atoms with Crippen molar-refractivity contribution in [3.63, 3.8) is 0 Å². The van der Waals surface area contributed by atoms with Crippen LogP contribution in [0.25, 0.3) is 0 Å². The Morgan fingerprint density at radius 1 is 1.00 bits per heavy atom. The minimum Gasteiger partial charge on any atom is -0.342 e. The highest BCUT2D eigenvalue weighted by Crippen LogP contribution is 2.40. The highest BCUT2D eigenvalue weighted by atomic mass is 35.5. The summed E-state index contributed by atoms with van der Waals surface area (Å²) in [5.41, 5.74) is 1.87. The molecule has 0 radical (unpaired) electrons. The van der Waals surface area contributed by atoms with E-state index in [1.54, 1.807) is 16.1 Å². The van der Waals surface area contributed by atoms with E-state index in [0.29, 0.717) is 36.9 Å². The number of halogens is 1. The molecule has 0 N–H and O–H groups in total. The summed E-state index contributed by atoms with van der Waals surface area (Å²) in [6.07, 6.45) is 1.99. The number of amides is 1. The highest BCUT2D eigenvalue weighted by Gasteiger charge is 2.42. The van der Waals surface area contributed by atoms with Crippen molar-refractivity contribution >= 4 is 28.8 Å². The Labute approximate surface area is 201 Å². The molecule has 0 bridgehead atoms. The van der Waals surface area contributed by atoms with Gasteiger partial charge in [0.15, 0.2) is 5.82 Å². The van der Waals surface area contributed by atoms with Gasteiger partial charge in [-0.1, -0.05) is 60.1 Å². The monoisotopic (exact) mass is 477 g/mol. The van der Waals surface area contributed by atoms with E-state index < -0.39 is 0 Å². The van der Waals surface area contributed by atoms with E-state index in [1.807, 2.05) is 64.9 Å². The second kappa shape index (κ2) is 9.45. The topological polar surface area (TPSA) is 63.9 Å². The molecule has 3 heterocycles. The van der Waals surface area contributed by atoms with E-state index in [1.165, 1.54) is 5.56 Å². The number of thiophene rings is 1. The molecule has 4 aromatic rings. The molecular weight excluding hydrogens is 454 g/mol. The Morgan fingerprint density at radius 2 is 1.76 bits per heavy atom. The number of aromatic nitrogens is 4. The van der Waals surface area contributed by atoms with Gasteiger partial charge in [0.25, 0.3) is 0 Å². The normalized spacial score (nSPS) is 15.5. The van der Waals surface area contributed by atoms with Gasteiger partial charge in [0, 0.05) is 23.0 Å². The molecule has 1 saturated heterocycles. The lowest BCUT2D eigenvalue weighted by Crippen LogP contribution is -2.46. The Balaban J connectivity index is 1.37. The first kappa shape index (κ1) is 21.8. The van der Waals surface area contributed by atoms with Gasteiger partial charge < -0.3 is 4.90 Å². The minimum atomic E-state index is -0.362. The van der Waals surface area contributed by atoms with Crippen LogP contribution in [0.15, 0.2) is 72.1 Å². The molecule has 1 aliphatic heterocycles. The standard InChI is InChI=1S/C25H24ClN5OS/c26-21-10-8-19(9-11-21)18-31-28-24(27-29-31)25(20-5-2-1-3-6-20)12-14-30(15-13-25)23(32)17-22-7-4-16-33-22/h1-11,16H,12-15,17-18H2. The van der Waals surface area contributed by atoms with Crippen molar-refractivity contribution in [3.8, 4) is 0 Å². The van der Waals surface area contributed by atoms with E-state index >= 15 is 0 Å². The zero-order chi connectivity index (χ0) is 22.7. The Kier molecular flexibility index (Phi) is 6.24. The van der Waals surface area contributed by atoms with Crippen LogP contribution in [0, 0.1) is 0 Å². The fourth-order valence-electron chi connectivity index (χ4n) is 4.47. The molecule has 0 unspecified atom stereocenters. The average molecular weight is 478 g/mol. The third-order valence-electron chi connectivity index (χ3n) is 6.32. The smallest absolute Gasteiger partial charge is 0.227 e. The van der Waals surface area contributed by atoms with E-state index in [4.69, 9.17) is 16.7 Å². The predicted molar refractivity (Wildman–Crippen MR) is 129 cm³/mol. The van der Waals surface area contributed by atoms with Crippen molar-refractivity contribution in [2.45, 2.75) is 31.2 Å². The predicted octanol–water partition coefficient (Wildman–Crippen LogP) is 4.59. The molecule has 33 heavy (non-hydrogen) atoms. The maximum absolute atomic E-state index is 12.9. The summed E-state index contributed by atoms with van der Waals surface area (Å²) in [4.78, 5) is 17.6. The number of tetrazole rings is 1. The number of hydrogen-bond acceptors (Lipinski definition) is 5. The van der Waals surface area contributed by atoms with Crippen LogP contribution in [0.4, 0.5) is 0 Å². The maximum atomic E-state index is 12.9. The number of hydrogen-bond donors (Lipinski definition) is 0. The highest BCUT2D eigenvalue weighted by molar-refractivity contribution is 7.10. The minimum absolute atomic E-state index is 0.179. The Hall–Kier alpha value is -3.03. The van der Waals surface area contributed by atoms with Gasteiger partial charge in [-0.05, 0) is 52.8 Å². The molecule has 1 fully saturated rings. The van der Waals surface area contributed by atoms with Crippen LogP contribution < -0.4 is 0 Å². The zero-order valence-electron chi connectivity index (χ0n) is 18.1. The second-order valence-corrected chi connectivity index (χ2v) is 9.82. The van der Waals surface area contributed by atoms with Gasteiger partial charge in [-0.15, -0.1) is 21.5 Å². The molecule has 5 rings (SSSR count). The molecule has 8 heteroatoms. The van der Waals surface area contributed by atoms with E-state index in [9.17, 15) is 4.79 Å². The lowest BCUT2D eigenvalue weighted by molar-refractivity contribution is -0.131. The van der Waals surface area contributed by atoms with Crippen molar-refractivity contribution in [2.75, 3.05) is 13.1 Å². The first-order valence-electron chi connectivity index (χ1n) is 11.0. The molecule has 2 aromatic carbocycles. The van der Waals surface area contributed by atoms with Crippen molar-refractivity contribution in [2.24, 2.45) is 0 Å². The summed E-state index contributed by atoms with van der Waals surface area (Å²) in [6.45, 7) is 1.87. The number of benzene rings is 2. The summed E-state index contributed by atoms with van der Waals surface area (Å²) < 4.78 is 0. The molecule has 168 valence electrons. The zero-order valence-corrected chi connectivity index (χ0v) is 19.7. The van der Waals surface area contributed by atoms with Crippen molar-refractivity contribution in [1.82, 2.24) is 25.1 Å². The lowest BCUT2D eigenvalue weighted by atomic mass is 9.72. The lowest BCUT2D eigenvalue weighted by Gasteiger charge is -2.40. The third-order valence-corrected chi connectivity index (χ3v) is 7.45. The van der Waals surface area contributed by atoms with Crippen molar-refractivity contribution < 1.29 is 4.79 Å². The third kappa shape index (κ3) is 4.70. The summed E-state index contributed by atoms with van der Waals surface area (Å²) in [7, 11) is 0. The van der Waals surface area contributed by atoms with E-state index in [2.05, 4.69) is 22.4 Å². The van der Waals surface area contributed by atoms with Crippen LogP contribution in [-0.4, -0.2) is 44.1 Å². The molecule has 0 spiro atoms. The van der Waals surface area contributed by atoms with E-state index in [0.717, 1.165) is 23.3 Å². The Bertz CT molecular complexity index is 1200. The fourth-order valence-corrected chi connectivity index (χ4v) is 5.29. The van der Waals surface area contributed by atoms with Gasteiger partial charge in [0.1, 0.15) is 0 Å². The van der Waals surface area contributed by atoms with Crippen LogP contribution in [0.1, 0.15) is 34.7 Å². The molecular formula is C25H24ClN5OS.